The van der Waals surface area contributed by atoms with Crippen LogP contribution >= 0.6 is 0 Å². The number of fused-ring (bicyclic) bond motifs is 15. The highest BCUT2D eigenvalue weighted by molar-refractivity contribution is 6.15. The highest BCUT2D eigenvalue weighted by atomic mass is 15.0. The minimum Gasteiger partial charge on any atom is -0.309 e. The van der Waals surface area contributed by atoms with E-state index < -0.39 is 5.41 Å². The molecule has 0 amide bonds. The van der Waals surface area contributed by atoms with Crippen LogP contribution in [-0.4, -0.2) is 39.5 Å². The summed E-state index contributed by atoms with van der Waals surface area (Å²) in [4.78, 5) is 36.4. The molecule has 2 aliphatic rings. The van der Waals surface area contributed by atoms with Gasteiger partial charge in [0.1, 0.15) is 0 Å². The number of aromatic nitrogens is 8. The Labute approximate surface area is 576 Å². The monoisotopic (exact) mass is 1270 g/mol. The lowest BCUT2D eigenvalue weighted by Crippen LogP contribution is -2.33. The van der Waals surface area contributed by atoms with Crippen molar-refractivity contribution >= 4 is 43.4 Å². The highest BCUT2D eigenvalue weighted by Crippen LogP contribution is 2.62. The molecule has 8 heteroatoms. The fraction of sp³-hybridized carbons (Fsp3) is 0.0109. The molecule has 0 radical (unpaired) electrons. The van der Waals surface area contributed by atoms with Crippen LogP contribution in [0.1, 0.15) is 22.3 Å². The summed E-state index contributed by atoms with van der Waals surface area (Å²) in [6.45, 7) is 0. The predicted molar refractivity (Wildman–Crippen MR) is 406 cm³/mol. The van der Waals surface area contributed by atoms with Gasteiger partial charge in [-0.3, -0.25) is 4.98 Å². The summed E-state index contributed by atoms with van der Waals surface area (Å²) in [6, 6.07) is 117. The Balaban J connectivity index is 0.685. The summed E-state index contributed by atoms with van der Waals surface area (Å²) in [6.07, 6.45) is 3.72. The molecule has 0 N–H and O–H groups in total. The van der Waals surface area contributed by atoms with E-state index in [4.69, 9.17) is 29.9 Å². The molecule has 1 unspecified atom stereocenters. The second-order valence-corrected chi connectivity index (χ2v) is 25.9. The molecule has 1 spiro atoms. The number of hydrogen-bond donors (Lipinski definition) is 0. The van der Waals surface area contributed by atoms with Crippen molar-refractivity contribution in [2.75, 3.05) is 0 Å². The maximum atomic E-state index is 5.45. The van der Waals surface area contributed by atoms with Gasteiger partial charge in [-0.2, -0.15) is 0 Å². The van der Waals surface area contributed by atoms with Crippen LogP contribution in [0.25, 0.3) is 173 Å². The number of hydrogen-bond acceptors (Lipinski definition) is 7. The lowest BCUT2D eigenvalue weighted by atomic mass is 9.65. The van der Waals surface area contributed by atoms with Gasteiger partial charge in [-0.25, -0.2) is 29.9 Å². The van der Waals surface area contributed by atoms with Crippen LogP contribution in [0.3, 0.4) is 0 Å². The Morgan fingerprint density at radius 2 is 0.730 bits per heavy atom. The van der Waals surface area contributed by atoms with Gasteiger partial charge in [0.05, 0.1) is 22.1 Å². The topological polar surface area (TPSA) is 95.2 Å². The van der Waals surface area contributed by atoms with Crippen molar-refractivity contribution < 1.29 is 0 Å². The first-order chi connectivity index (χ1) is 49.6. The molecule has 4 aromatic heterocycles. The summed E-state index contributed by atoms with van der Waals surface area (Å²) >= 11 is 0. The van der Waals surface area contributed by atoms with Gasteiger partial charge in [0, 0.05) is 62.1 Å². The first-order valence-corrected chi connectivity index (χ1v) is 33.8. The SMILES string of the molecule is c1ccc(-c2nc(-c3ccc(-c4cccc(-c5nc(-c6ccccc6)nc(-c6ccccc6-c6ccc7c(c6)C6(c8ccccc8-7)c7ccccc7-n7c8ccccc8c8cccc6c87)n5)c4)cc3)nc(-c3cc(-c4cccnc4)cc(-c4cc5ccccc5c5ccccc45)c3)n2)cc1. The van der Waals surface area contributed by atoms with Crippen molar-refractivity contribution in [3.8, 4) is 130 Å². The molecule has 8 nitrogen and oxygen atoms in total. The molecule has 0 saturated heterocycles. The van der Waals surface area contributed by atoms with E-state index in [9.17, 15) is 0 Å². The Hall–Kier alpha value is -13.4. The summed E-state index contributed by atoms with van der Waals surface area (Å²) in [5.74, 6) is 3.44. The summed E-state index contributed by atoms with van der Waals surface area (Å²) in [7, 11) is 0. The minimum absolute atomic E-state index is 0.561. The predicted octanol–water partition coefficient (Wildman–Crippen LogP) is 22.2. The van der Waals surface area contributed by atoms with E-state index in [1.165, 1.54) is 82.4 Å². The molecule has 464 valence electrons. The Morgan fingerprint density at radius 3 is 1.49 bits per heavy atom. The molecule has 1 aliphatic heterocycles. The zero-order valence-electron chi connectivity index (χ0n) is 53.9. The molecular formula is C92H56N8. The quantitative estimate of drug-likeness (QED) is 0.126. The van der Waals surface area contributed by atoms with Crippen LogP contribution in [0, 0.1) is 0 Å². The third kappa shape index (κ3) is 9.04. The average molecular weight is 1270 g/mol. The minimum atomic E-state index is -0.610. The maximum absolute atomic E-state index is 5.45. The summed E-state index contributed by atoms with van der Waals surface area (Å²) in [5, 5.41) is 7.26. The van der Waals surface area contributed by atoms with E-state index in [-0.39, 0.29) is 0 Å². The number of para-hydroxylation sites is 3. The fourth-order valence-electron chi connectivity index (χ4n) is 15.9. The van der Waals surface area contributed by atoms with Gasteiger partial charge >= 0.3 is 0 Å². The molecule has 1 atom stereocenters. The van der Waals surface area contributed by atoms with Crippen LogP contribution in [0.2, 0.25) is 0 Å². The van der Waals surface area contributed by atoms with Crippen molar-refractivity contribution in [2.24, 2.45) is 0 Å². The number of pyridine rings is 1. The second-order valence-electron chi connectivity index (χ2n) is 25.9. The molecular weight excluding hydrogens is 1220 g/mol. The Kier molecular flexibility index (Phi) is 13.0. The van der Waals surface area contributed by atoms with Crippen molar-refractivity contribution in [1.29, 1.82) is 0 Å². The van der Waals surface area contributed by atoms with Gasteiger partial charge in [-0.05, 0) is 148 Å². The fourth-order valence-corrected chi connectivity index (χ4v) is 15.9. The molecule has 18 aromatic rings. The van der Waals surface area contributed by atoms with E-state index in [2.05, 4.69) is 283 Å². The standard InChI is InChI=1S/C92H56N8/c1-3-22-58(23-4-1)86-94-88(97-90(96-86)68-52-66(65-29-21-49-93-56-65)51-67(53-68)78-54-62-26-7-8-30-69(62)71-32-10-11-33-72(71)78)60-45-43-57(44-46-60)61-27-19-28-64(50-61)89-95-87(59-24-5-2-6-25-59)98-91(99-89)77-36-12-9-31-70(77)63-47-48-74-73-34-13-15-38-79(73)92(82(74)55-63)80-39-16-18-42-84(80)100-83-41-17-14-35-75(83)76-37-20-40-81(92)85(76)100/h1-56H. The molecule has 0 bridgehead atoms. The number of nitrogens with zero attached hydrogens (tertiary/aromatic N) is 8. The van der Waals surface area contributed by atoms with E-state index in [0.717, 1.165) is 77.9 Å². The molecule has 0 saturated carbocycles. The van der Waals surface area contributed by atoms with Crippen LogP contribution in [0.15, 0.2) is 340 Å². The molecule has 20 rings (SSSR count). The van der Waals surface area contributed by atoms with Crippen LogP contribution in [-0.2, 0) is 5.41 Å². The first-order valence-electron chi connectivity index (χ1n) is 33.8. The Bertz CT molecular complexity index is 6340. The molecule has 14 aromatic carbocycles. The average Bonchev–Trinajstić information content (AvgIpc) is 1.49. The molecule has 5 heterocycles. The second kappa shape index (κ2) is 22.9. The zero-order valence-corrected chi connectivity index (χ0v) is 53.9. The third-order valence-corrected chi connectivity index (χ3v) is 20.4. The van der Waals surface area contributed by atoms with Gasteiger partial charge in [-0.15, -0.1) is 0 Å². The van der Waals surface area contributed by atoms with Crippen molar-refractivity contribution in [2.45, 2.75) is 5.41 Å². The Morgan fingerprint density at radius 1 is 0.230 bits per heavy atom. The van der Waals surface area contributed by atoms with Crippen LogP contribution in [0.5, 0.6) is 0 Å². The van der Waals surface area contributed by atoms with E-state index in [1.54, 1.807) is 0 Å². The van der Waals surface area contributed by atoms with E-state index in [1.807, 2.05) is 67.0 Å². The van der Waals surface area contributed by atoms with Gasteiger partial charge in [-0.1, -0.05) is 273 Å². The lowest BCUT2D eigenvalue weighted by molar-refractivity contribution is 0.749. The van der Waals surface area contributed by atoms with Crippen molar-refractivity contribution in [1.82, 2.24) is 39.5 Å². The summed E-state index contributed by atoms with van der Waals surface area (Å²) in [5.41, 5.74) is 24.2. The van der Waals surface area contributed by atoms with Crippen molar-refractivity contribution in [3.63, 3.8) is 0 Å². The van der Waals surface area contributed by atoms with Crippen molar-refractivity contribution in [3.05, 3.63) is 362 Å². The molecule has 1 aliphatic carbocycles. The zero-order chi connectivity index (χ0) is 65.8. The molecule has 100 heavy (non-hydrogen) atoms. The smallest absolute Gasteiger partial charge is 0.164 e. The number of rotatable bonds is 10. The maximum Gasteiger partial charge on any atom is 0.164 e. The van der Waals surface area contributed by atoms with Crippen LogP contribution in [0.4, 0.5) is 0 Å². The van der Waals surface area contributed by atoms with Crippen LogP contribution < -0.4 is 0 Å². The summed E-state index contributed by atoms with van der Waals surface area (Å²) < 4.78 is 2.50. The van der Waals surface area contributed by atoms with Gasteiger partial charge in [0.15, 0.2) is 34.9 Å². The normalized spacial score (nSPS) is 13.4. The molecule has 0 fully saturated rings. The number of benzene rings is 14. The largest absolute Gasteiger partial charge is 0.309 e. The van der Waals surface area contributed by atoms with Gasteiger partial charge in [0.25, 0.3) is 0 Å². The van der Waals surface area contributed by atoms with Gasteiger partial charge < -0.3 is 4.57 Å². The van der Waals surface area contributed by atoms with Gasteiger partial charge in [0.2, 0.25) is 0 Å². The van der Waals surface area contributed by atoms with E-state index >= 15 is 0 Å². The first kappa shape index (κ1) is 56.9. The van der Waals surface area contributed by atoms with E-state index in [0.29, 0.717) is 34.9 Å². The third-order valence-electron chi connectivity index (χ3n) is 20.4. The highest BCUT2D eigenvalue weighted by Gasteiger charge is 2.51. The lowest BCUT2D eigenvalue weighted by Gasteiger charge is -2.39.